The van der Waals surface area contributed by atoms with Crippen molar-refractivity contribution >= 4 is 9.84 Å². The van der Waals surface area contributed by atoms with Crippen LogP contribution >= 0.6 is 0 Å². The fourth-order valence-electron chi connectivity index (χ4n) is 3.56. The molecular formula is C18H29NO4S. The van der Waals surface area contributed by atoms with Gasteiger partial charge in [-0.1, -0.05) is 33.6 Å². The van der Waals surface area contributed by atoms with E-state index in [1.54, 1.807) is 6.07 Å². The molecule has 0 saturated carbocycles. The third-order valence-corrected chi connectivity index (χ3v) is 7.02. The zero-order valence-corrected chi connectivity index (χ0v) is 15.9. The predicted octanol–water partition coefficient (Wildman–Crippen LogP) is 3.57. The number of hydrogen-bond acceptors (Lipinski definition) is 5. The molecule has 6 heteroatoms. The monoisotopic (exact) mass is 355 g/mol. The molecule has 0 spiro atoms. The van der Waals surface area contributed by atoms with Gasteiger partial charge in [0.1, 0.15) is 0 Å². The van der Waals surface area contributed by atoms with Crippen LogP contribution < -0.4 is 10.1 Å². The average molecular weight is 356 g/mol. The van der Waals surface area contributed by atoms with E-state index in [1.807, 2.05) is 13.8 Å². The predicted molar refractivity (Wildman–Crippen MR) is 95.4 cm³/mol. The maximum absolute atomic E-state index is 13.1. The van der Waals surface area contributed by atoms with E-state index < -0.39 is 15.4 Å². The number of aromatic hydroxyl groups is 1. The number of sulfone groups is 1. The molecule has 0 amide bonds. The first kappa shape index (κ1) is 19.1. The van der Waals surface area contributed by atoms with Crippen molar-refractivity contribution < 1.29 is 18.3 Å². The van der Waals surface area contributed by atoms with Gasteiger partial charge in [0.2, 0.25) is 0 Å². The second-order valence-electron chi connectivity index (χ2n) is 6.66. The Morgan fingerprint density at radius 2 is 2.04 bits per heavy atom. The summed E-state index contributed by atoms with van der Waals surface area (Å²) in [5.41, 5.74) is 0.208. The number of ether oxygens (including phenoxy) is 1. The molecule has 24 heavy (non-hydrogen) atoms. The van der Waals surface area contributed by atoms with E-state index in [9.17, 15) is 13.5 Å². The molecule has 2 atom stereocenters. The van der Waals surface area contributed by atoms with Gasteiger partial charge in [0.25, 0.3) is 0 Å². The number of hydrogen-bond donors (Lipinski definition) is 2. The summed E-state index contributed by atoms with van der Waals surface area (Å²) in [4.78, 5) is 0.281. The SMILES string of the molecule is CCCCC1(CC)CS(=O)(=O)c2cc(OC)c(O)cc2C(CC)N1. The molecule has 0 fully saturated rings. The topological polar surface area (TPSA) is 75.6 Å². The Hall–Kier alpha value is -1.27. The Morgan fingerprint density at radius 1 is 1.33 bits per heavy atom. The smallest absolute Gasteiger partial charge is 0.180 e. The Labute approximate surface area is 145 Å². The van der Waals surface area contributed by atoms with Gasteiger partial charge in [-0.2, -0.15) is 0 Å². The summed E-state index contributed by atoms with van der Waals surface area (Å²) in [5, 5.41) is 13.7. The first-order chi connectivity index (χ1) is 11.3. The molecule has 0 radical (unpaired) electrons. The largest absolute Gasteiger partial charge is 0.504 e. The van der Waals surface area contributed by atoms with Crippen molar-refractivity contribution in [3.63, 3.8) is 0 Å². The average Bonchev–Trinajstić information content (AvgIpc) is 2.65. The standard InChI is InChI=1S/C18H29NO4S/c1-5-8-9-18(7-3)12-24(21,22)17-11-16(23-4)15(20)10-13(17)14(6-2)19-18/h10-11,14,19-20H,5-9,12H2,1-4H3. The highest BCUT2D eigenvalue weighted by Gasteiger charge is 2.41. The highest BCUT2D eigenvalue weighted by Crippen LogP contribution is 2.41. The van der Waals surface area contributed by atoms with Crippen LogP contribution in [0.4, 0.5) is 0 Å². The molecule has 5 nitrogen and oxygen atoms in total. The summed E-state index contributed by atoms with van der Waals surface area (Å²) in [6, 6.07) is 2.90. The highest BCUT2D eigenvalue weighted by molar-refractivity contribution is 7.91. The third-order valence-electron chi connectivity index (χ3n) is 5.06. The molecule has 2 N–H and O–H groups in total. The van der Waals surface area contributed by atoms with E-state index >= 15 is 0 Å². The fraction of sp³-hybridized carbons (Fsp3) is 0.667. The van der Waals surface area contributed by atoms with Crippen molar-refractivity contribution in [2.24, 2.45) is 0 Å². The summed E-state index contributed by atoms with van der Waals surface area (Å²) < 4.78 is 31.3. The lowest BCUT2D eigenvalue weighted by atomic mass is 9.89. The molecule has 1 aromatic rings. The maximum Gasteiger partial charge on any atom is 0.180 e. The molecule has 0 bridgehead atoms. The molecule has 0 aliphatic carbocycles. The molecule has 0 aromatic heterocycles. The molecule has 1 heterocycles. The van der Waals surface area contributed by atoms with Gasteiger partial charge in [0.15, 0.2) is 21.3 Å². The third kappa shape index (κ3) is 3.54. The minimum atomic E-state index is -3.47. The Bertz CT molecular complexity index is 687. The van der Waals surface area contributed by atoms with E-state index in [2.05, 4.69) is 12.2 Å². The zero-order valence-electron chi connectivity index (χ0n) is 15.1. The number of unbranched alkanes of at least 4 members (excludes halogenated alkanes) is 1. The van der Waals surface area contributed by atoms with Gasteiger partial charge < -0.3 is 15.2 Å². The zero-order chi connectivity index (χ0) is 18.0. The van der Waals surface area contributed by atoms with Crippen molar-refractivity contribution in [3.8, 4) is 11.5 Å². The van der Waals surface area contributed by atoms with Crippen molar-refractivity contribution in [1.29, 1.82) is 0 Å². The number of fused-ring (bicyclic) bond motifs is 1. The molecule has 1 aromatic carbocycles. The van der Waals surface area contributed by atoms with Crippen LogP contribution in [0.1, 0.15) is 64.5 Å². The first-order valence-corrected chi connectivity index (χ1v) is 10.4. The number of methoxy groups -OCH3 is 1. The van der Waals surface area contributed by atoms with Crippen LogP contribution in [0.25, 0.3) is 0 Å². The Kier molecular flexibility index (Phi) is 5.81. The fourth-order valence-corrected chi connectivity index (χ4v) is 5.73. The van der Waals surface area contributed by atoms with E-state index in [0.717, 1.165) is 32.1 Å². The lowest BCUT2D eigenvalue weighted by molar-refractivity contribution is 0.275. The summed E-state index contributed by atoms with van der Waals surface area (Å²) in [6.45, 7) is 6.18. The number of phenolic OH excluding ortho intramolecular Hbond substituents is 1. The van der Waals surface area contributed by atoms with Crippen LogP contribution in [0, 0.1) is 0 Å². The number of nitrogens with one attached hydrogen (secondary N) is 1. The second kappa shape index (κ2) is 7.31. The quantitative estimate of drug-likeness (QED) is 0.816. The Morgan fingerprint density at radius 3 is 2.58 bits per heavy atom. The van der Waals surface area contributed by atoms with Gasteiger partial charge in [-0.05, 0) is 30.9 Å². The van der Waals surface area contributed by atoms with Crippen LogP contribution in [0.3, 0.4) is 0 Å². The minimum absolute atomic E-state index is 0.0238. The molecular weight excluding hydrogens is 326 g/mol. The van der Waals surface area contributed by atoms with Crippen molar-refractivity contribution in [3.05, 3.63) is 17.7 Å². The lowest BCUT2D eigenvalue weighted by Gasteiger charge is -2.35. The molecule has 2 rings (SSSR count). The van der Waals surface area contributed by atoms with Gasteiger partial charge in [-0.25, -0.2) is 8.42 Å². The van der Waals surface area contributed by atoms with E-state index in [4.69, 9.17) is 4.74 Å². The number of phenols is 1. The normalized spacial score (nSPS) is 25.8. The van der Waals surface area contributed by atoms with E-state index in [1.165, 1.54) is 13.2 Å². The molecule has 136 valence electrons. The maximum atomic E-state index is 13.1. The first-order valence-electron chi connectivity index (χ1n) is 8.73. The van der Waals surface area contributed by atoms with Crippen molar-refractivity contribution in [1.82, 2.24) is 5.32 Å². The summed E-state index contributed by atoms with van der Waals surface area (Å²) in [6.07, 6.45) is 4.34. The molecule has 2 unspecified atom stereocenters. The molecule has 0 saturated heterocycles. The lowest BCUT2D eigenvalue weighted by Crippen LogP contribution is -2.49. The van der Waals surface area contributed by atoms with Crippen LogP contribution in [0.2, 0.25) is 0 Å². The van der Waals surface area contributed by atoms with E-state index in [-0.39, 0.29) is 28.2 Å². The van der Waals surface area contributed by atoms with Crippen LogP contribution in [0.15, 0.2) is 17.0 Å². The van der Waals surface area contributed by atoms with Gasteiger partial charge in [-0.15, -0.1) is 0 Å². The van der Waals surface area contributed by atoms with Crippen LogP contribution in [0.5, 0.6) is 11.5 Å². The summed E-state index contributed by atoms with van der Waals surface area (Å²) in [7, 11) is -2.05. The van der Waals surface area contributed by atoms with Crippen molar-refractivity contribution in [2.75, 3.05) is 12.9 Å². The Balaban J connectivity index is 2.61. The van der Waals surface area contributed by atoms with Crippen LogP contribution in [-0.4, -0.2) is 31.9 Å². The van der Waals surface area contributed by atoms with E-state index in [0.29, 0.717) is 5.56 Å². The van der Waals surface area contributed by atoms with Crippen molar-refractivity contribution in [2.45, 2.75) is 69.4 Å². The van der Waals surface area contributed by atoms with Gasteiger partial charge in [0, 0.05) is 17.6 Å². The van der Waals surface area contributed by atoms with Crippen LogP contribution in [-0.2, 0) is 9.84 Å². The summed E-state index contributed by atoms with van der Waals surface area (Å²) in [5.74, 6) is 0.252. The number of benzene rings is 1. The molecule has 1 aliphatic rings. The van der Waals surface area contributed by atoms with Gasteiger partial charge >= 0.3 is 0 Å². The highest BCUT2D eigenvalue weighted by atomic mass is 32.2. The minimum Gasteiger partial charge on any atom is -0.504 e. The van der Waals surface area contributed by atoms with Gasteiger partial charge in [-0.3, -0.25) is 0 Å². The second-order valence-corrected chi connectivity index (χ2v) is 8.62. The van der Waals surface area contributed by atoms with Gasteiger partial charge in [0.05, 0.1) is 17.8 Å². The number of rotatable bonds is 6. The summed E-state index contributed by atoms with van der Waals surface area (Å²) >= 11 is 0. The molecule has 1 aliphatic heterocycles.